The second-order valence-electron chi connectivity index (χ2n) is 5.83. The number of carbonyl (C=O) groups is 1. The summed E-state index contributed by atoms with van der Waals surface area (Å²) < 4.78 is 5.88. The minimum absolute atomic E-state index is 0.116. The van der Waals surface area contributed by atoms with Crippen LogP contribution in [0.5, 0.6) is 5.75 Å². The Morgan fingerprint density at radius 3 is 2.62 bits per heavy atom. The van der Waals surface area contributed by atoms with Gasteiger partial charge in [0.05, 0.1) is 0 Å². The van der Waals surface area contributed by atoms with Crippen molar-refractivity contribution in [2.75, 3.05) is 12.3 Å². The van der Waals surface area contributed by atoms with Gasteiger partial charge in [0, 0.05) is 27.6 Å². The number of amides is 1. The molecule has 0 aliphatic heterocycles. The molecule has 0 unspecified atom stereocenters. The number of nitrogens with one attached hydrogen (secondary N) is 1. The molecule has 26 heavy (non-hydrogen) atoms. The summed E-state index contributed by atoms with van der Waals surface area (Å²) in [6, 6.07) is 21.5. The first-order valence-corrected chi connectivity index (χ1v) is 9.80. The van der Waals surface area contributed by atoms with E-state index in [9.17, 15) is 4.79 Å². The van der Waals surface area contributed by atoms with Crippen LogP contribution >= 0.6 is 23.4 Å². The Hall–Kier alpha value is -2.17. The second kappa shape index (κ2) is 8.97. The Bertz CT molecular complexity index is 877. The van der Waals surface area contributed by atoms with E-state index < -0.39 is 6.10 Å². The summed E-state index contributed by atoms with van der Waals surface area (Å²) in [4.78, 5) is 13.4. The number of ether oxygens (including phenoxy) is 1. The van der Waals surface area contributed by atoms with E-state index in [2.05, 4.69) is 5.32 Å². The van der Waals surface area contributed by atoms with E-state index in [1.54, 1.807) is 18.7 Å². The molecule has 3 nitrogen and oxygen atoms in total. The van der Waals surface area contributed by atoms with Crippen LogP contribution in [-0.4, -0.2) is 24.3 Å². The zero-order valence-corrected chi connectivity index (χ0v) is 16.0. The summed E-state index contributed by atoms with van der Waals surface area (Å²) in [6.07, 6.45) is -0.554. The maximum Gasteiger partial charge on any atom is 0.260 e. The molecule has 1 atom stereocenters. The minimum Gasteiger partial charge on any atom is -0.480 e. The fourth-order valence-electron chi connectivity index (χ4n) is 2.56. The molecule has 0 fully saturated rings. The smallest absolute Gasteiger partial charge is 0.260 e. The van der Waals surface area contributed by atoms with Gasteiger partial charge in [-0.05, 0) is 42.6 Å². The zero-order chi connectivity index (χ0) is 18.4. The van der Waals surface area contributed by atoms with Crippen molar-refractivity contribution in [2.45, 2.75) is 17.9 Å². The first-order chi connectivity index (χ1) is 12.6. The molecule has 0 aliphatic rings. The zero-order valence-electron chi connectivity index (χ0n) is 14.4. The van der Waals surface area contributed by atoms with Crippen LogP contribution < -0.4 is 10.1 Å². The van der Waals surface area contributed by atoms with Gasteiger partial charge in [-0.15, -0.1) is 11.8 Å². The van der Waals surface area contributed by atoms with Crippen LogP contribution in [-0.2, 0) is 4.79 Å². The third-order valence-corrected chi connectivity index (χ3v) is 5.17. The van der Waals surface area contributed by atoms with E-state index in [1.165, 1.54) is 0 Å². The SMILES string of the molecule is C[C@H](Oc1cccc2ccccc12)C(=O)NCCSc1ccc(Cl)cc1. The minimum atomic E-state index is -0.554. The number of halogens is 1. The van der Waals surface area contributed by atoms with Gasteiger partial charge in [0.25, 0.3) is 5.91 Å². The number of carbonyl (C=O) groups excluding carboxylic acids is 1. The number of benzene rings is 3. The van der Waals surface area contributed by atoms with Gasteiger partial charge in [0.1, 0.15) is 5.75 Å². The molecule has 0 bridgehead atoms. The van der Waals surface area contributed by atoms with E-state index in [1.807, 2.05) is 66.7 Å². The first-order valence-electron chi connectivity index (χ1n) is 8.44. The number of fused-ring (bicyclic) bond motifs is 1. The highest BCUT2D eigenvalue weighted by Crippen LogP contribution is 2.26. The molecule has 134 valence electrons. The molecular weight excluding hydrogens is 366 g/mol. The third-order valence-electron chi connectivity index (χ3n) is 3.91. The predicted octanol–water partition coefficient (Wildman–Crippen LogP) is 5.17. The van der Waals surface area contributed by atoms with Crippen molar-refractivity contribution in [3.63, 3.8) is 0 Å². The van der Waals surface area contributed by atoms with Gasteiger partial charge in [-0.1, -0.05) is 48.0 Å². The number of hydrogen-bond donors (Lipinski definition) is 1. The first kappa shape index (κ1) is 18.6. The Kier molecular flexibility index (Phi) is 6.42. The number of hydrogen-bond acceptors (Lipinski definition) is 3. The summed E-state index contributed by atoms with van der Waals surface area (Å²) in [5.74, 6) is 1.39. The van der Waals surface area contributed by atoms with Crippen LogP contribution in [0.1, 0.15) is 6.92 Å². The van der Waals surface area contributed by atoms with Crippen molar-refractivity contribution < 1.29 is 9.53 Å². The van der Waals surface area contributed by atoms with E-state index in [4.69, 9.17) is 16.3 Å². The molecule has 0 aliphatic carbocycles. The molecule has 1 N–H and O–H groups in total. The van der Waals surface area contributed by atoms with Crippen molar-refractivity contribution in [2.24, 2.45) is 0 Å². The average molecular weight is 386 g/mol. The monoisotopic (exact) mass is 385 g/mol. The Morgan fingerprint density at radius 2 is 1.81 bits per heavy atom. The highest BCUT2D eigenvalue weighted by atomic mass is 35.5. The van der Waals surface area contributed by atoms with Gasteiger partial charge in [-0.25, -0.2) is 0 Å². The van der Waals surface area contributed by atoms with E-state index in [0.717, 1.165) is 32.2 Å². The molecule has 0 aromatic heterocycles. The quantitative estimate of drug-likeness (QED) is 0.450. The molecule has 3 aromatic rings. The normalized spacial score (nSPS) is 11.9. The van der Waals surface area contributed by atoms with Crippen molar-refractivity contribution in [3.8, 4) is 5.75 Å². The highest BCUT2D eigenvalue weighted by Gasteiger charge is 2.15. The van der Waals surface area contributed by atoms with Gasteiger partial charge >= 0.3 is 0 Å². The van der Waals surface area contributed by atoms with Gasteiger partial charge in [0.2, 0.25) is 0 Å². The summed E-state index contributed by atoms with van der Waals surface area (Å²) in [6.45, 7) is 2.35. The van der Waals surface area contributed by atoms with Crippen LogP contribution in [0.2, 0.25) is 5.02 Å². The van der Waals surface area contributed by atoms with Gasteiger partial charge in [-0.2, -0.15) is 0 Å². The molecule has 0 heterocycles. The predicted molar refractivity (Wildman–Crippen MR) is 109 cm³/mol. The Morgan fingerprint density at radius 1 is 1.08 bits per heavy atom. The lowest BCUT2D eigenvalue weighted by molar-refractivity contribution is -0.127. The van der Waals surface area contributed by atoms with Crippen LogP contribution in [0.25, 0.3) is 10.8 Å². The molecule has 5 heteroatoms. The van der Waals surface area contributed by atoms with E-state index >= 15 is 0 Å². The Labute approximate surface area is 162 Å². The molecule has 0 saturated heterocycles. The molecule has 0 spiro atoms. The molecule has 0 saturated carbocycles. The summed E-state index contributed by atoms with van der Waals surface area (Å²) >= 11 is 7.55. The van der Waals surface area contributed by atoms with E-state index in [-0.39, 0.29) is 5.91 Å². The van der Waals surface area contributed by atoms with Crippen LogP contribution in [0.15, 0.2) is 71.6 Å². The van der Waals surface area contributed by atoms with Crippen molar-refractivity contribution in [3.05, 3.63) is 71.8 Å². The van der Waals surface area contributed by atoms with Crippen molar-refractivity contribution in [1.82, 2.24) is 5.32 Å². The Balaban J connectivity index is 1.49. The fraction of sp³-hybridized carbons (Fsp3) is 0.190. The highest BCUT2D eigenvalue weighted by molar-refractivity contribution is 7.99. The second-order valence-corrected chi connectivity index (χ2v) is 7.44. The summed E-state index contributed by atoms with van der Waals surface area (Å²) in [7, 11) is 0. The fourth-order valence-corrected chi connectivity index (χ4v) is 3.45. The standard InChI is InChI=1S/C21H20ClNO2S/c1-15(25-20-8-4-6-16-5-2-3-7-19(16)20)21(24)23-13-14-26-18-11-9-17(22)10-12-18/h2-12,15H,13-14H2,1H3,(H,23,24)/t15-/m0/s1. The third kappa shape index (κ3) is 4.93. The van der Waals surface area contributed by atoms with Crippen LogP contribution in [0.4, 0.5) is 0 Å². The number of thioether (sulfide) groups is 1. The molecule has 3 aromatic carbocycles. The topological polar surface area (TPSA) is 38.3 Å². The van der Waals surface area contributed by atoms with Gasteiger partial charge < -0.3 is 10.1 Å². The lowest BCUT2D eigenvalue weighted by Gasteiger charge is -2.16. The van der Waals surface area contributed by atoms with Gasteiger partial charge in [-0.3, -0.25) is 4.79 Å². The molecule has 3 rings (SSSR count). The molecular formula is C21H20ClNO2S. The molecule has 0 radical (unpaired) electrons. The number of rotatable bonds is 7. The van der Waals surface area contributed by atoms with Crippen LogP contribution in [0, 0.1) is 0 Å². The van der Waals surface area contributed by atoms with Crippen molar-refractivity contribution >= 4 is 40.0 Å². The maximum absolute atomic E-state index is 12.3. The lowest BCUT2D eigenvalue weighted by atomic mass is 10.1. The van der Waals surface area contributed by atoms with E-state index in [0.29, 0.717) is 6.54 Å². The van der Waals surface area contributed by atoms with Crippen LogP contribution in [0.3, 0.4) is 0 Å². The van der Waals surface area contributed by atoms with Crippen molar-refractivity contribution in [1.29, 1.82) is 0 Å². The average Bonchev–Trinajstić information content (AvgIpc) is 2.66. The summed E-state index contributed by atoms with van der Waals surface area (Å²) in [5, 5.41) is 5.75. The summed E-state index contributed by atoms with van der Waals surface area (Å²) in [5.41, 5.74) is 0. The van der Waals surface area contributed by atoms with Gasteiger partial charge in [0.15, 0.2) is 6.10 Å². The lowest BCUT2D eigenvalue weighted by Crippen LogP contribution is -2.37. The largest absolute Gasteiger partial charge is 0.480 e. The maximum atomic E-state index is 12.3. The molecule has 1 amide bonds.